The van der Waals surface area contributed by atoms with Gasteiger partial charge >= 0.3 is 5.97 Å². The Hall–Kier alpha value is -1.58. The van der Waals surface area contributed by atoms with Crippen molar-refractivity contribution < 1.29 is 14.3 Å². The molecule has 0 heterocycles. The molecule has 3 nitrogen and oxygen atoms in total. The molecule has 1 aliphatic carbocycles. The summed E-state index contributed by atoms with van der Waals surface area (Å²) in [5.74, 6) is -1.58. The van der Waals surface area contributed by atoms with E-state index in [1.165, 1.54) is 6.07 Å². The molecule has 1 N–H and O–H groups in total. The van der Waals surface area contributed by atoms with Gasteiger partial charge in [-0.15, -0.1) is 0 Å². The van der Waals surface area contributed by atoms with E-state index in [0.29, 0.717) is 11.7 Å². The van der Waals surface area contributed by atoms with E-state index in [1.54, 1.807) is 6.07 Å². The van der Waals surface area contributed by atoms with E-state index in [4.69, 9.17) is 5.11 Å². The highest BCUT2D eigenvalue weighted by Gasteiger charge is 2.30. The van der Waals surface area contributed by atoms with Crippen LogP contribution in [0.2, 0.25) is 0 Å². The Labute approximate surface area is 93.5 Å². The van der Waals surface area contributed by atoms with Crippen LogP contribution < -0.4 is 4.90 Å². The molecule has 1 aromatic rings. The molecule has 16 heavy (non-hydrogen) atoms. The fourth-order valence-electron chi connectivity index (χ4n) is 1.94. The van der Waals surface area contributed by atoms with Crippen LogP contribution in [0.3, 0.4) is 0 Å². The predicted molar refractivity (Wildman–Crippen MR) is 59.4 cm³/mol. The maximum atomic E-state index is 13.0. The van der Waals surface area contributed by atoms with Gasteiger partial charge in [0.05, 0.1) is 11.3 Å². The fourth-order valence-corrected chi connectivity index (χ4v) is 1.94. The van der Waals surface area contributed by atoms with Crippen molar-refractivity contribution in [2.24, 2.45) is 0 Å². The Morgan fingerprint density at radius 1 is 1.56 bits per heavy atom. The second kappa shape index (κ2) is 4.12. The van der Waals surface area contributed by atoms with Crippen molar-refractivity contribution >= 4 is 11.7 Å². The van der Waals surface area contributed by atoms with E-state index in [9.17, 15) is 9.18 Å². The number of nitrogens with zero attached hydrogens (tertiary/aromatic N) is 1. The first-order chi connectivity index (χ1) is 7.63. The molecule has 1 saturated carbocycles. The lowest BCUT2D eigenvalue weighted by Gasteiger charge is -2.24. The fraction of sp³-hybridized carbons (Fsp3) is 0.417. The summed E-state index contributed by atoms with van der Waals surface area (Å²) >= 11 is 0. The summed E-state index contributed by atoms with van der Waals surface area (Å²) in [7, 11) is 0. The molecule has 0 aliphatic heterocycles. The summed E-state index contributed by atoms with van der Waals surface area (Å²) in [4.78, 5) is 13.1. The van der Waals surface area contributed by atoms with E-state index in [2.05, 4.69) is 0 Å². The molecule has 0 saturated heterocycles. The molecule has 0 amide bonds. The third-order valence-corrected chi connectivity index (χ3v) is 2.83. The van der Waals surface area contributed by atoms with Crippen molar-refractivity contribution in [2.75, 3.05) is 11.4 Å². The summed E-state index contributed by atoms with van der Waals surface area (Å²) in [5.41, 5.74) is 0.674. The van der Waals surface area contributed by atoms with E-state index in [0.717, 1.165) is 25.5 Å². The monoisotopic (exact) mass is 223 g/mol. The number of aromatic carboxylic acids is 1. The van der Waals surface area contributed by atoms with E-state index in [1.807, 2.05) is 11.8 Å². The minimum atomic E-state index is -1.08. The van der Waals surface area contributed by atoms with Crippen molar-refractivity contribution in [3.05, 3.63) is 29.6 Å². The van der Waals surface area contributed by atoms with Crippen LogP contribution >= 0.6 is 0 Å². The first kappa shape index (κ1) is 10.9. The highest BCUT2D eigenvalue weighted by molar-refractivity contribution is 5.94. The Bertz CT molecular complexity index is 415. The molecule has 1 aromatic carbocycles. The van der Waals surface area contributed by atoms with Gasteiger partial charge < -0.3 is 10.0 Å². The molecule has 4 heteroatoms. The first-order valence-electron chi connectivity index (χ1n) is 5.43. The zero-order valence-electron chi connectivity index (χ0n) is 9.11. The third-order valence-electron chi connectivity index (χ3n) is 2.83. The quantitative estimate of drug-likeness (QED) is 0.852. The summed E-state index contributed by atoms with van der Waals surface area (Å²) in [5, 5.41) is 9.04. The van der Waals surface area contributed by atoms with Gasteiger partial charge in [-0.3, -0.25) is 0 Å². The molecule has 0 spiro atoms. The van der Waals surface area contributed by atoms with Crippen LogP contribution in [0.4, 0.5) is 10.1 Å². The Balaban J connectivity index is 2.41. The number of benzene rings is 1. The lowest BCUT2D eigenvalue weighted by molar-refractivity contribution is 0.0697. The number of halogens is 1. The largest absolute Gasteiger partial charge is 0.478 e. The molecule has 1 aliphatic rings. The predicted octanol–water partition coefficient (Wildman–Crippen LogP) is 2.51. The molecule has 1 fully saturated rings. The van der Waals surface area contributed by atoms with Crippen molar-refractivity contribution in [3.63, 3.8) is 0 Å². The highest BCUT2D eigenvalue weighted by Crippen LogP contribution is 2.33. The Morgan fingerprint density at radius 2 is 2.25 bits per heavy atom. The lowest BCUT2D eigenvalue weighted by atomic mass is 10.1. The molecular formula is C12H14FNO2. The minimum absolute atomic E-state index is 0.0498. The average molecular weight is 223 g/mol. The van der Waals surface area contributed by atoms with Gasteiger partial charge in [-0.1, -0.05) is 0 Å². The van der Waals surface area contributed by atoms with Crippen molar-refractivity contribution in [3.8, 4) is 0 Å². The SMILES string of the molecule is CCN(c1ccc(F)cc1C(=O)O)C1CC1. The molecule has 2 rings (SSSR count). The summed E-state index contributed by atoms with van der Waals surface area (Å²) in [6, 6.07) is 4.38. The van der Waals surface area contributed by atoms with E-state index in [-0.39, 0.29) is 5.56 Å². The van der Waals surface area contributed by atoms with Gasteiger partial charge in [-0.2, -0.15) is 0 Å². The third kappa shape index (κ3) is 2.01. The van der Waals surface area contributed by atoms with Gasteiger partial charge in [-0.25, -0.2) is 9.18 Å². The second-order valence-corrected chi connectivity index (χ2v) is 3.98. The maximum Gasteiger partial charge on any atom is 0.337 e. The van der Waals surface area contributed by atoms with E-state index >= 15 is 0 Å². The van der Waals surface area contributed by atoms with E-state index < -0.39 is 11.8 Å². The maximum absolute atomic E-state index is 13.0. The number of hydrogen-bond donors (Lipinski definition) is 1. The van der Waals surface area contributed by atoms with Crippen LogP contribution in [-0.4, -0.2) is 23.7 Å². The molecule has 0 bridgehead atoms. The number of hydrogen-bond acceptors (Lipinski definition) is 2. The number of carboxylic acids is 1. The topological polar surface area (TPSA) is 40.5 Å². The zero-order valence-corrected chi connectivity index (χ0v) is 9.11. The smallest absolute Gasteiger partial charge is 0.337 e. The highest BCUT2D eigenvalue weighted by atomic mass is 19.1. The second-order valence-electron chi connectivity index (χ2n) is 3.98. The molecular weight excluding hydrogens is 209 g/mol. The van der Waals surface area contributed by atoms with Crippen molar-refractivity contribution in [2.45, 2.75) is 25.8 Å². The standard InChI is InChI=1S/C12H14FNO2/c1-2-14(9-4-5-9)11-6-3-8(13)7-10(11)12(15)16/h3,6-7,9H,2,4-5H2,1H3,(H,15,16). The average Bonchev–Trinajstić information content (AvgIpc) is 3.05. The molecule has 0 radical (unpaired) electrons. The van der Waals surface area contributed by atoms with Crippen LogP contribution in [0.1, 0.15) is 30.1 Å². The number of anilines is 1. The number of carbonyl (C=O) groups is 1. The molecule has 0 atom stereocenters. The Morgan fingerprint density at radius 3 is 2.75 bits per heavy atom. The van der Waals surface area contributed by atoms with Gasteiger partial charge in [0.2, 0.25) is 0 Å². The van der Waals surface area contributed by atoms with Crippen LogP contribution in [0.25, 0.3) is 0 Å². The minimum Gasteiger partial charge on any atom is -0.478 e. The first-order valence-corrected chi connectivity index (χ1v) is 5.43. The van der Waals surface area contributed by atoms with Crippen LogP contribution in [0.5, 0.6) is 0 Å². The van der Waals surface area contributed by atoms with Gasteiger partial charge in [0.1, 0.15) is 5.82 Å². The summed E-state index contributed by atoms with van der Waals surface area (Å²) in [6.07, 6.45) is 2.18. The summed E-state index contributed by atoms with van der Waals surface area (Å²) in [6.45, 7) is 2.73. The zero-order chi connectivity index (χ0) is 11.7. The number of rotatable bonds is 4. The Kier molecular flexibility index (Phi) is 2.81. The normalized spacial score (nSPS) is 14.9. The molecule has 0 aromatic heterocycles. The van der Waals surface area contributed by atoms with Gasteiger partial charge in [0, 0.05) is 12.6 Å². The van der Waals surface area contributed by atoms with Crippen molar-refractivity contribution in [1.29, 1.82) is 0 Å². The number of carboxylic acid groups (broad SMARTS) is 1. The molecule has 86 valence electrons. The molecule has 0 unspecified atom stereocenters. The van der Waals surface area contributed by atoms with Gasteiger partial charge in [-0.05, 0) is 38.0 Å². The van der Waals surface area contributed by atoms with Gasteiger partial charge in [0.15, 0.2) is 0 Å². The van der Waals surface area contributed by atoms with Crippen LogP contribution in [0.15, 0.2) is 18.2 Å². The lowest BCUT2D eigenvalue weighted by Crippen LogP contribution is -2.27. The van der Waals surface area contributed by atoms with Gasteiger partial charge in [0.25, 0.3) is 0 Å². The van der Waals surface area contributed by atoms with Crippen LogP contribution in [-0.2, 0) is 0 Å². The summed E-state index contributed by atoms with van der Waals surface area (Å²) < 4.78 is 13.0. The van der Waals surface area contributed by atoms with Crippen molar-refractivity contribution in [1.82, 2.24) is 0 Å². The van der Waals surface area contributed by atoms with Crippen LogP contribution in [0, 0.1) is 5.82 Å².